The molecule has 2 amide bonds. The summed E-state index contributed by atoms with van der Waals surface area (Å²) in [5.74, 6) is -0.742. The van der Waals surface area contributed by atoms with Crippen LogP contribution in [-0.4, -0.2) is 42.3 Å². The number of carbonyl (C=O) groups is 3. The van der Waals surface area contributed by atoms with E-state index in [2.05, 4.69) is 34.9 Å². The highest BCUT2D eigenvalue weighted by molar-refractivity contribution is 5.79. The molecule has 0 aliphatic heterocycles. The molecular formula is C27H32N2O5. The quantitative estimate of drug-likeness (QED) is 0.508. The molecular weight excluding hydrogens is 432 g/mol. The van der Waals surface area contributed by atoms with E-state index in [-0.39, 0.29) is 49.8 Å². The predicted molar refractivity (Wildman–Crippen MR) is 128 cm³/mol. The highest BCUT2D eigenvalue weighted by atomic mass is 16.5. The summed E-state index contributed by atoms with van der Waals surface area (Å²) >= 11 is 0. The van der Waals surface area contributed by atoms with Crippen molar-refractivity contribution >= 4 is 18.0 Å². The molecule has 2 aliphatic carbocycles. The monoisotopic (exact) mass is 464 g/mol. The van der Waals surface area contributed by atoms with Gasteiger partial charge in [-0.05, 0) is 47.4 Å². The first kappa shape index (κ1) is 23.8. The van der Waals surface area contributed by atoms with Crippen LogP contribution in [0.5, 0.6) is 0 Å². The van der Waals surface area contributed by atoms with Gasteiger partial charge in [-0.15, -0.1) is 0 Å². The lowest BCUT2D eigenvalue weighted by Crippen LogP contribution is -2.43. The number of amides is 2. The number of carboxylic acids is 1. The maximum atomic E-state index is 12.4. The van der Waals surface area contributed by atoms with E-state index in [1.54, 1.807) is 0 Å². The summed E-state index contributed by atoms with van der Waals surface area (Å²) in [5, 5.41) is 14.7. The van der Waals surface area contributed by atoms with E-state index in [9.17, 15) is 14.4 Å². The molecule has 0 radical (unpaired) electrons. The summed E-state index contributed by atoms with van der Waals surface area (Å²) in [4.78, 5) is 35.6. The molecule has 0 bridgehead atoms. The van der Waals surface area contributed by atoms with Gasteiger partial charge in [0.05, 0.1) is 0 Å². The smallest absolute Gasteiger partial charge is 0.407 e. The maximum Gasteiger partial charge on any atom is 0.407 e. The van der Waals surface area contributed by atoms with Crippen LogP contribution in [0.25, 0.3) is 11.1 Å². The molecule has 2 aromatic rings. The topological polar surface area (TPSA) is 105 Å². The van der Waals surface area contributed by atoms with Crippen molar-refractivity contribution in [1.82, 2.24) is 10.6 Å². The zero-order chi connectivity index (χ0) is 23.9. The fraction of sp³-hybridized carbons (Fsp3) is 0.444. The molecule has 1 fully saturated rings. The number of fused-ring (bicyclic) bond motifs is 3. The summed E-state index contributed by atoms with van der Waals surface area (Å²) in [7, 11) is 0. The van der Waals surface area contributed by atoms with Gasteiger partial charge in [0.15, 0.2) is 0 Å². The first-order chi connectivity index (χ1) is 16.5. The molecule has 34 heavy (non-hydrogen) atoms. The standard InChI is InChI=1S/C27H32N2O5/c30-25(29-24-12-6-1-7-18(24)13-14-26(31)32)15-16-28-27(33)34-17-23-21-10-4-2-8-19(21)20-9-3-5-11-22(20)23/h2-5,8-11,18,23-24H,1,6-7,12-17H2,(H,28,33)(H,29,30)(H,31,32). The Kier molecular flexibility index (Phi) is 7.83. The second kappa shape index (κ2) is 11.2. The van der Waals surface area contributed by atoms with E-state index in [4.69, 9.17) is 9.84 Å². The lowest BCUT2D eigenvalue weighted by molar-refractivity contribution is -0.137. The minimum atomic E-state index is -0.803. The lowest BCUT2D eigenvalue weighted by Gasteiger charge is -2.32. The number of hydrogen-bond donors (Lipinski definition) is 3. The van der Waals surface area contributed by atoms with Gasteiger partial charge in [-0.1, -0.05) is 61.4 Å². The van der Waals surface area contributed by atoms with Crippen LogP contribution in [0.2, 0.25) is 0 Å². The van der Waals surface area contributed by atoms with Crippen LogP contribution < -0.4 is 10.6 Å². The third-order valence-electron chi connectivity index (χ3n) is 6.95. The van der Waals surface area contributed by atoms with Crippen LogP contribution >= 0.6 is 0 Å². The Bertz CT molecular complexity index is 992. The Labute approximate surface area is 199 Å². The molecule has 0 spiro atoms. The van der Waals surface area contributed by atoms with E-state index >= 15 is 0 Å². The summed E-state index contributed by atoms with van der Waals surface area (Å²) in [6, 6.07) is 16.3. The van der Waals surface area contributed by atoms with Gasteiger partial charge >= 0.3 is 12.1 Å². The summed E-state index contributed by atoms with van der Waals surface area (Å²) in [6.07, 6.45) is 4.25. The largest absolute Gasteiger partial charge is 0.481 e. The SMILES string of the molecule is O=C(O)CCC1CCCCC1NC(=O)CCNC(=O)OCC1c2ccccc2-c2ccccc21. The van der Waals surface area contributed by atoms with Crippen LogP contribution in [0.4, 0.5) is 4.79 Å². The van der Waals surface area contributed by atoms with Gasteiger partial charge in [0.2, 0.25) is 5.91 Å². The van der Waals surface area contributed by atoms with E-state index < -0.39 is 12.1 Å². The molecule has 2 aromatic carbocycles. The Morgan fingerprint density at radius 2 is 1.56 bits per heavy atom. The van der Waals surface area contributed by atoms with Crippen molar-refractivity contribution in [2.24, 2.45) is 5.92 Å². The Hall–Kier alpha value is -3.35. The van der Waals surface area contributed by atoms with E-state index in [0.717, 1.165) is 36.8 Å². The number of carboxylic acid groups (broad SMARTS) is 1. The number of benzene rings is 2. The molecule has 7 nitrogen and oxygen atoms in total. The van der Waals surface area contributed by atoms with Gasteiger partial charge in [-0.3, -0.25) is 9.59 Å². The molecule has 180 valence electrons. The van der Waals surface area contributed by atoms with Crippen molar-refractivity contribution in [2.75, 3.05) is 13.2 Å². The summed E-state index contributed by atoms with van der Waals surface area (Å²) in [5.41, 5.74) is 4.66. The number of carbonyl (C=O) groups excluding carboxylic acids is 2. The zero-order valence-corrected chi connectivity index (χ0v) is 19.3. The van der Waals surface area contributed by atoms with Crippen LogP contribution in [0.15, 0.2) is 48.5 Å². The van der Waals surface area contributed by atoms with Crippen molar-refractivity contribution in [3.05, 3.63) is 59.7 Å². The number of ether oxygens (including phenoxy) is 1. The van der Waals surface area contributed by atoms with Crippen LogP contribution in [0, 0.1) is 5.92 Å². The number of aliphatic carboxylic acids is 1. The lowest BCUT2D eigenvalue weighted by atomic mass is 9.81. The molecule has 2 unspecified atom stereocenters. The van der Waals surface area contributed by atoms with Gasteiger partial charge < -0.3 is 20.5 Å². The molecule has 0 heterocycles. The maximum absolute atomic E-state index is 12.4. The fourth-order valence-corrected chi connectivity index (χ4v) is 5.26. The second-order valence-corrected chi connectivity index (χ2v) is 9.15. The van der Waals surface area contributed by atoms with Gasteiger partial charge in [-0.2, -0.15) is 0 Å². The normalized spacial score (nSPS) is 19.1. The number of nitrogens with one attached hydrogen (secondary N) is 2. The summed E-state index contributed by atoms with van der Waals surface area (Å²) in [6.45, 7) is 0.425. The number of rotatable bonds is 9. The molecule has 2 aliphatic rings. The van der Waals surface area contributed by atoms with Gasteiger partial charge in [0, 0.05) is 31.3 Å². The highest BCUT2D eigenvalue weighted by Gasteiger charge is 2.29. The average molecular weight is 465 g/mol. The van der Waals surface area contributed by atoms with Gasteiger partial charge in [-0.25, -0.2) is 4.79 Å². The first-order valence-electron chi connectivity index (χ1n) is 12.1. The third-order valence-corrected chi connectivity index (χ3v) is 6.95. The van der Waals surface area contributed by atoms with Crippen LogP contribution in [-0.2, 0) is 14.3 Å². The molecule has 7 heteroatoms. The van der Waals surface area contributed by atoms with Gasteiger partial charge in [0.25, 0.3) is 0 Å². The zero-order valence-electron chi connectivity index (χ0n) is 19.3. The highest BCUT2D eigenvalue weighted by Crippen LogP contribution is 2.44. The third kappa shape index (κ3) is 5.76. The molecule has 2 atom stereocenters. The Morgan fingerprint density at radius 3 is 2.24 bits per heavy atom. The van der Waals surface area contributed by atoms with E-state index in [1.165, 1.54) is 11.1 Å². The minimum Gasteiger partial charge on any atom is -0.481 e. The molecule has 4 rings (SSSR count). The second-order valence-electron chi connectivity index (χ2n) is 9.15. The number of alkyl carbamates (subject to hydrolysis) is 1. The van der Waals surface area contributed by atoms with Crippen molar-refractivity contribution in [2.45, 2.75) is 56.9 Å². The molecule has 0 aromatic heterocycles. The molecule has 0 saturated heterocycles. The average Bonchev–Trinajstić information content (AvgIpc) is 3.16. The van der Waals surface area contributed by atoms with Crippen LogP contribution in [0.1, 0.15) is 62.0 Å². The predicted octanol–water partition coefficient (Wildman–Crippen LogP) is 4.46. The van der Waals surface area contributed by atoms with E-state index in [1.807, 2.05) is 24.3 Å². The first-order valence-corrected chi connectivity index (χ1v) is 12.1. The van der Waals surface area contributed by atoms with Crippen molar-refractivity contribution in [3.8, 4) is 11.1 Å². The molecule has 3 N–H and O–H groups in total. The van der Waals surface area contributed by atoms with E-state index in [0.29, 0.717) is 6.42 Å². The fourth-order valence-electron chi connectivity index (χ4n) is 5.26. The van der Waals surface area contributed by atoms with Crippen molar-refractivity contribution < 1.29 is 24.2 Å². The summed E-state index contributed by atoms with van der Waals surface area (Å²) < 4.78 is 5.51. The number of hydrogen-bond acceptors (Lipinski definition) is 4. The Balaban J connectivity index is 1.21. The Morgan fingerprint density at radius 1 is 0.912 bits per heavy atom. The van der Waals surface area contributed by atoms with Gasteiger partial charge in [0.1, 0.15) is 6.61 Å². The van der Waals surface area contributed by atoms with Crippen molar-refractivity contribution in [3.63, 3.8) is 0 Å². The van der Waals surface area contributed by atoms with Crippen molar-refractivity contribution in [1.29, 1.82) is 0 Å². The minimum absolute atomic E-state index is 0.00418. The van der Waals surface area contributed by atoms with Crippen LogP contribution in [0.3, 0.4) is 0 Å². The molecule has 1 saturated carbocycles.